The molecule has 2 atom stereocenters. The van der Waals surface area contributed by atoms with E-state index in [4.69, 9.17) is 10.1 Å². The number of carboxylic acids is 1. The second-order valence-electron chi connectivity index (χ2n) is 13.2. The molecule has 2 amide bonds. The van der Waals surface area contributed by atoms with E-state index in [2.05, 4.69) is 28.8 Å². The van der Waals surface area contributed by atoms with E-state index in [9.17, 15) is 24.2 Å². The molecule has 1 aliphatic carbocycles. The summed E-state index contributed by atoms with van der Waals surface area (Å²) in [4.78, 5) is 31.3. The van der Waals surface area contributed by atoms with Crippen molar-refractivity contribution in [3.05, 3.63) is 88.0 Å². The van der Waals surface area contributed by atoms with E-state index in [1.54, 1.807) is 24.3 Å². The number of aliphatic hydroxyl groups excluding tert-OH is 2. The number of urea groups is 1. The predicted molar refractivity (Wildman–Crippen MR) is 184 cm³/mol. The molecular formula is C37H46FN5O5. The molecule has 1 aliphatic heterocycles. The van der Waals surface area contributed by atoms with Gasteiger partial charge in [-0.25, -0.2) is 14.2 Å². The number of hydrogen-bond donors (Lipinski definition) is 5. The molecule has 0 radical (unpaired) electrons. The van der Waals surface area contributed by atoms with E-state index in [0.29, 0.717) is 12.1 Å². The lowest BCUT2D eigenvalue weighted by molar-refractivity contribution is -0.139. The first-order chi connectivity index (χ1) is 23.0. The Kier molecular flexibility index (Phi) is 11.6. The molecule has 1 aromatic heterocycles. The fraction of sp³-hybridized carbons (Fsp3) is 0.432. The number of nitrogens with one attached hydrogen (secondary N) is 2. The molecule has 3 aromatic rings. The number of aryl methyl sites for hydroxylation is 1. The minimum atomic E-state index is -1.19. The highest BCUT2D eigenvalue weighted by atomic mass is 19.1. The van der Waals surface area contributed by atoms with Crippen LogP contribution < -0.4 is 10.7 Å². The van der Waals surface area contributed by atoms with Crippen LogP contribution in [0, 0.1) is 5.82 Å². The molecule has 5 N–H and O–H groups in total. The van der Waals surface area contributed by atoms with Gasteiger partial charge in [-0.15, -0.1) is 0 Å². The maximum atomic E-state index is 14.1. The number of halogens is 1. The molecule has 0 saturated carbocycles. The summed E-state index contributed by atoms with van der Waals surface area (Å²) < 4.78 is 14.1. The molecule has 10 nitrogen and oxygen atoms in total. The number of aliphatic hydroxyl groups is 2. The van der Waals surface area contributed by atoms with E-state index in [1.165, 1.54) is 17.7 Å². The molecule has 48 heavy (non-hydrogen) atoms. The quantitative estimate of drug-likeness (QED) is 0.206. The number of nitrogens with zero attached hydrogens (tertiary/aromatic N) is 3. The van der Waals surface area contributed by atoms with E-state index in [0.717, 1.165) is 84.6 Å². The van der Waals surface area contributed by atoms with Crippen LogP contribution in [0.3, 0.4) is 0 Å². The number of pyridine rings is 1. The Morgan fingerprint density at radius 3 is 2.44 bits per heavy atom. The summed E-state index contributed by atoms with van der Waals surface area (Å²) in [5, 5.41) is 34.7. The minimum Gasteiger partial charge on any atom is -0.481 e. The smallest absolute Gasteiger partial charge is 0.333 e. The lowest BCUT2D eigenvalue weighted by Crippen LogP contribution is -2.53. The van der Waals surface area contributed by atoms with Crippen molar-refractivity contribution in [3.8, 4) is 11.1 Å². The normalized spacial score (nSPS) is 16.9. The molecule has 0 spiro atoms. The zero-order chi connectivity index (χ0) is 34.4. The Hall–Kier alpha value is -4.16. The summed E-state index contributed by atoms with van der Waals surface area (Å²) in [6, 6.07) is 12.1. The predicted octanol–water partition coefficient (Wildman–Crippen LogP) is 4.97. The number of piperazine rings is 1. The summed E-state index contributed by atoms with van der Waals surface area (Å²) in [7, 11) is 2.07. The van der Waals surface area contributed by atoms with Crippen LogP contribution in [0.4, 0.5) is 14.9 Å². The van der Waals surface area contributed by atoms with Crippen LogP contribution >= 0.6 is 0 Å². The average Bonchev–Trinajstić information content (AvgIpc) is 3.01. The van der Waals surface area contributed by atoms with Crippen molar-refractivity contribution in [2.45, 2.75) is 70.5 Å². The van der Waals surface area contributed by atoms with Gasteiger partial charge in [-0.1, -0.05) is 44.2 Å². The molecule has 1 fully saturated rings. The molecular weight excluding hydrogens is 613 g/mol. The minimum absolute atomic E-state index is 0.0000690. The summed E-state index contributed by atoms with van der Waals surface area (Å²) in [5.74, 6) is -1.48. The Morgan fingerprint density at radius 2 is 1.75 bits per heavy atom. The number of benzene rings is 2. The van der Waals surface area contributed by atoms with Crippen LogP contribution in [0.15, 0.2) is 48.5 Å². The van der Waals surface area contributed by atoms with Crippen LogP contribution in [-0.4, -0.2) is 87.6 Å². The zero-order valence-electron chi connectivity index (χ0n) is 27.9. The van der Waals surface area contributed by atoms with Gasteiger partial charge in [0.1, 0.15) is 5.82 Å². The first-order valence-electron chi connectivity index (χ1n) is 16.7. The van der Waals surface area contributed by atoms with Crippen molar-refractivity contribution < 1.29 is 29.3 Å². The van der Waals surface area contributed by atoms with Crippen molar-refractivity contribution in [2.75, 3.05) is 38.5 Å². The number of aromatic nitrogens is 1. The van der Waals surface area contributed by atoms with Crippen LogP contribution in [0.1, 0.15) is 72.7 Å². The van der Waals surface area contributed by atoms with Crippen LogP contribution in [0.2, 0.25) is 0 Å². The SMILES string of the molecule is CC(C)c1nc2c(c(-c3ccc(F)cc3)c1C=C[C@@H](O)C[C@@H](O)CC(=O)O)CCCc1ccc(NC(=O)NN3CCN(C)CC3)cc1C2. The third-order valence-corrected chi connectivity index (χ3v) is 9.00. The van der Waals surface area contributed by atoms with E-state index in [-0.39, 0.29) is 24.2 Å². The molecule has 2 heterocycles. The van der Waals surface area contributed by atoms with Gasteiger partial charge in [0.25, 0.3) is 0 Å². The molecule has 256 valence electrons. The van der Waals surface area contributed by atoms with Crippen molar-refractivity contribution in [1.29, 1.82) is 0 Å². The molecule has 2 aromatic carbocycles. The Bertz CT molecular complexity index is 1640. The van der Waals surface area contributed by atoms with Gasteiger partial charge in [0, 0.05) is 56.0 Å². The van der Waals surface area contributed by atoms with Gasteiger partial charge in [0.2, 0.25) is 0 Å². The van der Waals surface area contributed by atoms with Crippen molar-refractivity contribution >= 4 is 23.8 Å². The first-order valence-corrected chi connectivity index (χ1v) is 16.7. The second kappa shape index (κ2) is 15.8. The number of fused-ring (bicyclic) bond motifs is 2. The third-order valence-electron chi connectivity index (χ3n) is 9.00. The van der Waals surface area contributed by atoms with Crippen molar-refractivity contribution in [1.82, 2.24) is 20.3 Å². The summed E-state index contributed by atoms with van der Waals surface area (Å²) in [6.07, 6.45) is 3.49. The standard InChI is InChI=1S/C37H46FN5O5/c1-23(2)36-32(14-13-29(44)21-30(45)22-34(46)47)35(25-7-10-27(38)11-8-25)31-6-4-5-24-9-12-28(19-26(24)20-33(31)40-36)39-37(48)41-43-17-15-42(3)16-18-43/h7-14,19,23,29-30,44-45H,4-6,15-18,20-22H2,1-3H3,(H,46,47)(H2,39,41,48)/t29-,30-/m1/s1. The topological polar surface area (TPSA) is 138 Å². The lowest BCUT2D eigenvalue weighted by atomic mass is 9.83. The molecule has 1 saturated heterocycles. The number of anilines is 1. The number of rotatable bonds is 10. The summed E-state index contributed by atoms with van der Waals surface area (Å²) >= 11 is 0. The van der Waals surface area contributed by atoms with Gasteiger partial charge in [-0.3, -0.25) is 15.2 Å². The van der Waals surface area contributed by atoms with Gasteiger partial charge >= 0.3 is 12.0 Å². The Morgan fingerprint density at radius 1 is 1.02 bits per heavy atom. The first kappa shape index (κ1) is 35.2. The molecule has 11 heteroatoms. The number of amides is 2. The number of carbonyl (C=O) groups is 2. The number of likely N-dealkylation sites (N-methyl/N-ethyl adjacent to an activating group) is 1. The van der Waals surface area contributed by atoms with Crippen LogP contribution in [0.5, 0.6) is 0 Å². The lowest BCUT2D eigenvalue weighted by Gasteiger charge is -2.32. The van der Waals surface area contributed by atoms with Gasteiger partial charge in [0.15, 0.2) is 0 Å². The van der Waals surface area contributed by atoms with E-state index in [1.807, 2.05) is 31.0 Å². The van der Waals surface area contributed by atoms with E-state index >= 15 is 0 Å². The monoisotopic (exact) mass is 659 g/mol. The highest BCUT2D eigenvalue weighted by Gasteiger charge is 2.24. The number of carboxylic acid groups (broad SMARTS) is 1. The van der Waals surface area contributed by atoms with Gasteiger partial charge in [-0.05, 0) is 84.3 Å². The maximum absolute atomic E-state index is 14.1. The highest BCUT2D eigenvalue weighted by Crippen LogP contribution is 2.38. The van der Waals surface area contributed by atoms with Crippen LogP contribution in [-0.2, 0) is 24.1 Å². The largest absolute Gasteiger partial charge is 0.481 e. The third kappa shape index (κ3) is 9.04. The van der Waals surface area contributed by atoms with Crippen molar-refractivity contribution in [3.63, 3.8) is 0 Å². The molecule has 0 unspecified atom stereocenters. The Labute approximate surface area is 281 Å². The summed E-state index contributed by atoms with van der Waals surface area (Å²) in [5.41, 5.74) is 11.2. The number of carbonyl (C=O) groups excluding carboxylic acids is 1. The average molecular weight is 660 g/mol. The number of hydrogen-bond acceptors (Lipinski definition) is 7. The van der Waals surface area contributed by atoms with Gasteiger partial charge in [-0.2, -0.15) is 0 Å². The maximum Gasteiger partial charge on any atom is 0.333 e. The van der Waals surface area contributed by atoms with Gasteiger partial charge in [0.05, 0.1) is 24.3 Å². The zero-order valence-corrected chi connectivity index (χ0v) is 27.9. The molecule has 2 aliphatic rings. The second-order valence-corrected chi connectivity index (χ2v) is 13.2. The summed E-state index contributed by atoms with van der Waals surface area (Å²) in [6.45, 7) is 7.38. The fourth-order valence-corrected chi connectivity index (χ4v) is 6.50. The highest BCUT2D eigenvalue weighted by molar-refractivity contribution is 5.89. The van der Waals surface area contributed by atoms with Gasteiger partial charge < -0.3 is 25.5 Å². The number of hydrazine groups is 1. The fourth-order valence-electron chi connectivity index (χ4n) is 6.50. The van der Waals surface area contributed by atoms with Crippen LogP contribution in [0.25, 0.3) is 17.2 Å². The number of aliphatic carboxylic acids is 1. The molecule has 0 bridgehead atoms. The Balaban J connectivity index is 1.50. The van der Waals surface area contributed by atoms with Crippen molar-refractivity contribution in [2.24, 2.45) is 0 Å². The van der Waals surface area contributed by atoms with E-state index < -0.39 is 24.6 Å². The molecule has 5 rings (SSSR count).